The Hall–Kier alpha value is -0.960. The Balaban J connectivity index is 2.22. The average molecular weight is 477 g/mol. The van der Waals surface area contributed by atoms with Crippen LogP contribution in [0.2, 0.25) is 0 Å². The molecule has 0 radical (unpaired) electrons. The zero-order valence-corrected chi connectivity index (χ0v) is 20.5. The third-order valence-corrected chi connectivity index (χ3v) is 7.67. The highest BCUT2D eigenvalue weighted by molar-refractivity contribution is 7.89. The number of hydrogen-bond donors (Lipinski definition) is 2. The van der Waals surface area contributed by atoms with E-state index in [4.69, 9.17) is 0 Å². The van der Waals surface area contributed by atoms with Gasteiger partial charge >= 0.3 is 0 Å². The van der Waals surface area contributed by atoms with E-state index in [0.29, 0.717) is 12.8 Å². The monoisotopic (exact) mass is 476 g/mol. The summed E-state index contributed by atoms with van der Waals surface area (Å²) in [6.07, 6.45) is 18.6. The Morgan fingerprint density at radius 3 is 1.42 bits per heavy atom. The van der Waals surface area contributed by atoms with Crippen LogP contribution in [0.4, 0.5) is 0 Å². The number of rotatable bonds is 18. The summed E-state index contributed by atoms with van der Waals surface area (Å²) in [4.78, 5) is -1.48. The molecule has 0 aromatic heterocycles. The summed E-state index contributed by atoms with van der Waals surface area (Å²) in [7, 11) is -9.50. The van der Waals surface area contributed by atoms with Gasteiger partial charge in [-0.2, -0.15) is 16.8 Å². The Morgan fingerprint density at radius 1 is 0.613 bits per heavy atom. The number of benzene rings is 1. The van der Waals surface area contributed by atoms with Crippen molar-refractivity contribution in [2.24, 2.45) is 0 Å². The topological polar surface area (TPSA) is 109 Å². The predicted octanol–water partition coefficient (Wildman–Crippen LogP) is 6.59. The molecule has 0 heterocycles. The van der Waals surface area contributed by atoms with Crippen molar-refractivity contribution in [3.63, 3.8) is 0 Å². The molecule has 8 heteroatoms. The molecule has 0 fully saturated rings. The van der Waals surface area contributed by atoms with E-state index in [2.05, 4.69) is 6.92 Å². The Morgan fingerprint density at radius 2 is 1.03 bits per heavy atom. The second-order valence-electron chi connectivity index (χ2n) is 8.39. The van der Waals surface area contributed by atoms with Gasteiger partial charge in [-0.15, -0.1) is 0 Å². The van der Waals surface area contributed by atoms with Gasteiger partial charge in [-0.25, -0.2) is 0 Å². The first-order valence-electron chi connectivity index (χ1n) is 11.7. The van der Waals surface area contributed by atoms with Crippen LogP contribution in [0.1, 0.15) is 109 Å². The van der Waals surface area contributed by atoms with Gasteiger partial charge in [0.15, 0.2) is 0 Å². The third-order valence-electron chi connectivity index (χ3n) is 5.65. The normalized spacial score (nSPS) is 12.4. The van der Waals surface area contributed by atoms with Gasteiger partial charge in [-0.3, -0.25) is 9.11 Å². The largest absolute Gasteiger partial charge is 0.296 e. The molecule has 180 valence electrons. The third kappa shape index (κ3) is 12.0. The summed E-state index contributed by atoms with van der Waals surface area (Å²) >= 11 is 0. The molecule has 0 saturated heterocycles. The van der Waals surface area contributed by atoms with Gasteiger partial charge in [0.2, 0.25) is 0 Å². The van der Waals surface area contributed by atoms with Crippen LogP contribution in [-0.4, -0.2) is 25.9 Å². The van der Waals surface area contributed by atoms with Gasteiger partial charge in [0.1, 0.15) is 9.79 Å². The van der Waals surface area contributed by atoms with Crippen LogP contribution >= 0.6 is 0 Å². The van der Waals surface area contributed by atoms with Crippen LogP contribution in [0.5, 0.6) is 0 Å². The molecule has 0 aliphatic carbocycles. The smallest absolute Gasteiger partial charge is 0.282 e. The van der Waals surface area contributed by atoms with Crippen molar-refractivity contribution in [3.8, 4) is 0 Å². The molecule has 1 aromatic carbocycles. The van der Waals surface area contributed by atoms with Gasteiger partial charge in [-0.05, 0) is 24.5 Å². The van der Waals surface area contributed by atoms with Crippen molar-refractivity contribution in [2.75, 3.05) is 0 Å². The first-order chi connectivity index (χ1) is 14.7. The van der Waals surface area contributed by atoms with E-state index in [-0.39, 0.29) is 5.56 Å². The molecule has 0 spiro atoms. The SMILES string of the molecule is CCCCCCCCCCCCCCCCCc1cccc(S(=O)(=O)O)c1S(=O)(=O)O. The maximum atomic E-state index is 11.7. The average Bonchev–Trinajstić information content (AvgIpc) is 2.69. The first-order valence-corrected chi connectivity index (χ1v) is 14.6. The van der Waals surface area contributed by atoms with Crippen LogP contribution in [0.15, 0.2) is 28.0 Å². The summed E-state index contributed by atoms with van der Waals surface area (Å²) in [5.41, 5.74) is 0.215. The lowest BCUT2D eigenvalue weighted by molar-refractivity contribution is 0.464. The van der Waals surface area contributed by atoms with Gasteiger partial charge in [-0.1, -0.05) is 109 Å². The molecule has 31 heavy (non-hydrogen) atoms. The van der Waals surface area contributed by atoms with Crippen molar-refractivity contribution >= 4 is 20.2 Å². The van der Waals surface area contributed by atoms with Crippen molar-refractivity contribution in [1.29, 1.82) is 0 Å². The van der Waals surface area contributed by atoms with Crippen molar-refractivity contribution in [2.45, 2.75) is 119 Å². The van der Waals surface area contributed by atoms with Crippen LogP contribution in [0.3, 0.4) is 0 Å². The summed E-state index contributed by atoms with van der Waals surface area (Å²) in [5, 5.41) is 0. The van der Waals surface area contributed by atoms with E-state index in [1.54, 1.807) is 0 Å². The number of hydrogen-bond acceptors (Lipinski definition) is 4. The fraction of sp³-hybridized carbons (Fsp3) is 0.739. The second-order valence-corrected chi connectivity index (χ2v) is 11.1. The molecule has 0 aliphatic heterocycles. The Labute approximate surface area is 189 Å². The lowest BCUT2D eigenvalue weighted by Gasteiger charge is -2.10. The number of unbranched alkanes of at least 4 members (excludes halogenated alkanes) is 14. The zero-order chi connectivity index (χ0) is 23.2. The van der Waals surface area contributed by atoms with Crippen LogP contribution in [0.25, 0.3) is 0 Å². The summed E-state index contributed by atoms with van der Waals surface area (Å²) in [6, 6.07) is 3.83. The Kier molecular flexibility index (Phi) is 13.6. The minimum atomic E-state index is -4.76. The molecule has 6 nitrogen and oxygen atoms in total. The standard InChI is InChI=1S/C23H40O6S2/c1-2-3-4-5-6-7-8-9-10-11-12-13-14-15-16-18-21-19-17-20-22(30(24,25)26)23(21)31(27,28)29/h17,19-20H,2-16,18H2,1H3,(H,24,25,26)(H,27,28,29). The van der Waals surface area contributed by atoms with Crippen LogP contribution in [-0.2, 0) is 26.7 Å². The van der Waals surface area contributed by atoms with Crippen molar-refractivity contribution in [1.82, 2.24) is 0 Å². The maximum absolute atomic E-state index is 11.7. The predicted molar refractivity (Wildman–Crippen MR) is 125 cm³/mol. The zero-order valence-electron chi connectivity index (χ0n) is 18.9. The molecule has 2 N–H and O–H groups in total. The van der Waals surface area contributed by atoms with Crippen molar-refractivity contribution < 1.29 is 25.9 Å². The Bertz CT molecular complexity index is 832. The minimum Gasteiger partial charge on any atom is -0.282 e. The highest BCUT2D eigenvalue weighted by atomic mass is 32.2. The fourth-order valence-electron chi connectivity index (χ4n) is 3.94. The van der Waals surface area contributed by atoms with E-state index >= 15 is 0 Å². The van der Waals surface area contributed by atoms with E-state index in [9.17, 15) is 25.9 Å². The molecule has 0 saturated carbocycles. The lowest BCUT2D eigenvalue weighted by Crippen LogP contribution is -2.11. The van der Waals surface area contributed by atoms with Crippen LogP contribution < -0.4 is 0 Å². The highest BCUT2D eigenvalue weighted by Crippen LogP contribution is 2.26. The molecule has 1 aromatic rings. The van der Waals surface area contributed by atoms with Gasteiger partial charge < -0.3 is 0 Å². The quantitative estimate of drug-likeness (QED) is 0.183. The van der Waals surface area contributed by atoms with Crippen LogP contribution in [0, 0.1) is 0 Å². The van der Waals surface area contributed by atoms with Gasteiger partial charge in [0.05, 0.1) is 0 Å². The van der Waals surface area contributed by atoms with Gasteiger partial charge in [0.25, 0.3) is 20.2 Å². The molecule has 0 unspecified atom stereocenters. The van der Waals surface area contributed by atoms with Crippen molar-refractivity contribution in [3.05, 3.63) is 23.8 Å². The molecule has 0 atom stereocenters. The van der Waals surface area contributed by atoms with E-state index in [1.165, 1.54) is 82.8 Å². The first kappa shape index (κ1) is 28.1. The molecule has 0 amide bonds. The second kappa shape index (κ2) is 15.0. The fourth-order valence-corrected chi connectivity index (χ4v) is 6.01. The summed E-state index contributed by atoms with van der Waals surface area (Å²) < 4.78 is 64.9. The molecule has 0 aliphatic rings. The maximum Gasteiger partial charge on any atom is 0.296 e. The molecular weight excluding hydrogens is 436 g/mol. The van der Waals surface area contributed by atoms with E-state index in [0.717, 1.165) is 25.3 Å². The molecule has 1 rings (SSSR count). The number of aryl methyl sites for hydroxylation is 1. The highest BCUT2D eigenvalue weighted by Gasteiger charge is 2.26. The van der Waals surface area contributed by atoms with E-state index in [1.807, 2.05) is 0 Å². The summed E-state index contributed by atoms with van der Waals surface area (Å²) in [6.45, 7) is 2.24. The molecule has 0 bridgehead atoms. The van der Waals surface area contributed by atoms with Gasteiger partial charge in [0, 0.05) is 0 Å². The minimum absolute atomic E-state index is 0.215. The lowest BCUT2D eigenvalue weighted by atomic mass is 10.0. The summed E-state index contributed by atoms with van der Waals surface area (Å²) in [5.74, 6) is 0. The van der Waals surface area contributed by atoms with E-state index < -0.39 is 30.0 Å². The molecular formula is C23H40O6S2.